The zero-order valence-electron chi connectivity index (χ0n) is 10.0. The lowest BCUT2D eigenvalue weighted by molar-refractivity contribution is -0.0387. The number of rotatable bonds is 1. The molecule has 2 rings (SSSR count). The minimum Gasteiger partial charge on any atom is -0.375 e. The summed E-state index contributed by atoms with van der Waals surface area (Å²) in [5.41, 5.74) is 0.565. The average Bonchev–Trinajstić information content (AvgIpc) is 2.32. The van der Waals surface area contributed by atoms with Gasteiger partial charge in [0.1, 0.15) is 0 Å². The summed E-state index contributed by atoms with van der Waals surface area (Å²) in [5, 5.41) is 0.504. The third kappa shape index (κ3) is 2.61. The Kier molecular flexibility index (Phi) is 3.69. The Morgan fingerprint density at radius 1 is 1.41 bits per heavy atom. The van der Waals surface area contributed by atoms with Crippen molar-refractivity contribution in [3.05, 3.63) is 34.9 Å². The van der Waals surface area contributed by atoms with Gasteiger partial charge in [0.05, 0.1) is 29.3 Å². The number of nitrogens with zero attached hydrogens (tertiary/aromatic N) is 1. The quantitative estimate of drug-likeness (QED) is 0.770. The van der Waals surface area contributed by atoms with E-state index in [2.05, 4.69) is 0 Å². The highest BCUT2D eigenvalue weighted by Gasteiger charge is 2.28. The fraction of sp³-hybridized carbons (Fsp3) is 0.462. The first-order valence-corrected chi connectivity index (χ1v) is 6.14. The Labute approximate surface area is 106 Å². The maximum absolute atomic E-state index is 12.4. The first kappa shape index (κ1) is 12.4. The summed E-state index contributed by atoms with van der Waals surface area (Å²) in [7, 11) is 0. The molecule has 1 heterocycles. The molecule has 92 valence electrons. The second-order valence-corrected chi connectivity index (χ2v) is 4.84. The van der Waals surface area contributed by atoms with E-state index in [-0.39, 0.29) is 18.1 Å². The Balaban J connectivity index is 2.22. The van der Waals surface area contributed by atoms with Gasteiger partial charge >= 0.3 is 0 Å². The molecule has 3 nitrogen and oxygen atoms in total. The van der Waals surface area contributed by atoms with Crippen LogP contribution in [0.15, 0.2) is 24.3 Å². The van der Waals surface area contributed by atoms with Crippen LogP contribution in [-0.2, 0) is 4.74 Å². The molecule has 0 radical (unpaired) electrons. The second kappa shape index (κ2) is 5.07. The smallest absolute Gasteiger partial charge is 0.255 e. The lowest BCUT2D eigenvalue weighted by Gasteiger charge is -2.37. The molecular weight excluding hydrogens is 238 g/mol. The van der Waals surface area contributed by atoms with Gasteiger partial charge in [-0.2, -0.15) is 0 Å². The van der Waals surface area contributed by atoms with Gasteiger partial charge in [0, 0.05) is 6.54 Å². The highest BCUT2D eigenvalue weighted by Crippen LogP contribution is 2.20. The van der Waals surface area contributed by atoms with Crippen molar-refractivity contribution in [3.63, 3.8) is 0 Å². The van der Waals surface area contributed by atoms with Crippen LogP contribution < -0.4 is 0 Å². The van der Waals surface area contributed by atoms with Gasteiger partial charge in [-0.25, -0.2) is 0 Å². The highest BCUT2D eigenvalue weighted by molar-refractivity contribution is 6.33. The van der Waals surface area contributed by atoms with Gasteiger partial charge in [-0.15, -0.1) is 0 Å². The Bertz CT molecular complexity index is 422. The van der Waals surface area contributed by atoms with E-state index in [0.29, 0.717) is 23.7 Å². The lowest BCUT2D eigenvalue weighted by Crippen LogP contribution is -2.50. The minimum atomic E-state index is -0.0155. The van der Waals surface area contributed by atoms with Crippen molar-refractivity contribution in [3.8, 4) is 0 Å². The van der Waals surface area contributed by atoms with E-state index in [1.54, 1.807) is 12.1 Å². The number of carbonyl (C=O) groups excluding carboxylic acids is 1. The number of hydrogen-bond acceptors (Lipinski definition) is 2. The summed E-state index contributed by atoms with van der Waals surface area (Å²) in [4.78, 5) is 14.2. The first-order valence-electron chi connectivity index (χ1n) is 5.76. The van der Waals surface area contributed by atoms with E-state index in [0.717, 1.165) is 0 Å². The van der Waals surface area contributed by atoms with Gasteiger partial charge in [0.2, 0.25) is 0 Å². The Morgan fingerprint density at radius 2 is 2.12 bits per heavy atom. The summed E-state index contributed by atoms with van der Waals surface area (Å²) in [6.45, 7) is 5.15. The standard InChI is InChI=1S/C13H16ClNO2/c1-9-8-17-10(2)7-15(9)13(16)11-5-3-4-6-12(11)14/h3-6,9-10H,7-8H2,1-2H3. The number of ether oxygens (including phenoxy) is 1. The van der Waals surface area contributed by atoms with E-state index in [9.17, 15) is 4.79 Å². The van der Waals surface area contributed by atoms with E-state index < -0.39 is 0 Å². The fourth-order valence-corrected chi connectivity index (χ4v) is 2.19. The van der Waals surface area contributed by atoms with Crippen molar-refractivity contribution >= 4 is 17.5 Å². The van der Waals surface area contributed by atoms with Gasteiger partial charge in [-0.1, -0.05) is 23.7 Å². The topological polar surface area (TPSA) is 29.5 Å². The van der Waals surface area contributed by atoms with Crippen LogP contribution in [0.3, 0.4) is 0 Å². The van der Waals surface area contributed by atoms with E-state index in [1.165, 1.54) is 0 Å². The number of hydrogen-bond donors (Lipinski definition) is 0. The van der Waals surface area contributed by atoms with E-state index in [1.807, 2.05) is 30.9 Å². The van der Waals surface area contributed by atoms with Crippen LogP contribution in [0.1, 0.15) is 24.2 Å². The van der Waals surface area contributed by atoms with Crippen LogP contribution in [0.2, 0.25) is 5.02 Å². The predicted octanol–water partition coefficient (Wildman–Crippen LogP) is 2.59. The fourth-order valence-electron chi connectivity index (χ4n) is 1.98. The molecule has 1 aliphatic heterocycles. The average molecular weight is 254 g/mol. The molecule has 2 atom stereocenters. The van der Waals surface area contributed by atoms with Crippen molar-refractivity contribution in [1.29, 1.82) is 0 Å². The monoisotopic (exact) mass is 253 g/mol. The molecule has 17 heavy (non-hydrogen) atoms. The maximum atomic E-state index is 12.4. The van der Waals surface area contributed by atoms with Gasteiger partial charge in [-0.3, -0.25) is 4.79 Å². The summed E-state index contributed by atoms with van der Waals surface area (Å²) in [6, 6.07) is 7.24. The normalized spacial score (nSPS) is 24.8. The molecule has 0 bridgehead atoms. The van der Waals surface area contributed by atoms with Crippen molar-refractivity contribution < 1.29 is 9.53 Å². The van der Waals surface area contributed by atoms with Crippen LogP contribution >= 0.6 is 11.6 Å². The Morgan fingerprint density at radius 3 is 2.82 bits per heavy atom. The molecule has 1 aromatic carbocycles. The van der Waals surface area contributed by atoms with Crippen LogP contribution in [0.5, 0.6) is 0 Å². The van der Waals surface area contributed by atoms with E-state index >= 15 is 0 Å². The number of morpholine rings is 1. The molecule has 0 spiro atoms. The zero-order chi connectivity index (χ0) is 12.4. The zero-order valence-corrected chi connectivity index (χ0v) is 10.8. The Hall–Kier alpha value is -1.06. The molecule has 0 aromatic heterocycles. The molecule has 1 fully saturated rings. The molecule has 0 saturated carbocycles. The van der Waals surface area contributed by atoms with Crippen molar-refractivity contribution in [1.82, 2.24) is 4.90 Å². The summed E-state index contributed by atoms with van der Waals surface area (Å²) in [6.07, 6.45) is 0.0811. The third-order valence-corrected chi connectivity index (χ3v) is 3.30. The molecule has 2 unspecified atom stereocenters. The molecular formula is C13H16ClNO2. The van der Waals surface area contributed by atoms with Gasteiger partial charge < -0.3 is 9.64 Å². The largest absolute Gasteiger partial charge is 0.375 e. The van der Waals surface area contributed by atoms with Crippen LogP contribution in [-0.4, -0.2) is 36.1 Å². The van der Waals surface area contributed by atoms with Crippen molar-refractivity contribution in [2.45, 2.75) is 26.0 Å². The number of halogens is 1. The van der Waals surface area contributed by atoms with Crippen LogP contribution in [0.4, 0.5) is 0 Å². The number of benzene rings is 1. The number of carbonyl (C=O) groups is 1. The lowest BCUT2D eigenvalue weighted by atomic mass is 10.1. The van der Waals surface area contributed by atoms with Gasteiger partial charge in [0.15, 0.2) is 0 Å². The van der Waals surface area contributed by atoms with Crippen molar-refractivity contribution in [2.24, 2.45) is 0 Å². The molecule has 1 aliphatic rings. The molecule has 0 N–H and O–H groups in total. The van der Waals surface area contributed by atoms with Crippen molar-refractivity contribution in [2.75, 3.05) is 13.2 Å². The third-order valence-electron chi connectivity index (χ3n) is 2.97. The SMILES string of the molecule is CC1CN(C(=O)c2ccccc2Cl)C(C)CO1. The molecule has 1 aromatic rings. The molecule has 1 amide bonds. The summed E-state index contributed by atoms with van der Waals surface area (Å²) >= 11 is 6.04. The van der Waals surface area contributed by atoms with E-state index in [4.69, 9.17) is 16.3 Å². The predicted molar refractivity (Wildman–Crippen MR) is 67.4 cm³/mol. The van der Waals surface area contributed by atoms with Gasteiger partial charge in [-0.05, 0) is 26.0 Å². The van der Waals surface area contributed by atoms with Gasteiger partial charge in [0.25, 0.3) is 5.91 Å². The van der Waals surface area contributed by atoms with Crippen LogP contribution in [0.25, 0.3) is 0 Å². The van der Waals surface area contributed by atoms with Crippen LogP contribution in [0, 0.1) is 0 Å². The minimum absolute atomic E-state index is 0.0155. The first-order chi connectivity index (χ1) is 8.09. The highest BCUT2D eigenvalue weighted by atomic mass is 35.5. The summed E-state index contributed by atoms with van der Waals surface area (Å²) in [5.74, 6) is -0.0155. The number of amides is 1. The summed E-state index contributed by atoms with van der Waals surface area (Å²) < 4.78 is 5.51. The molecule has 4 heteroatoms. The maximum Gasteiger partial charge on any atom is 0.255 e. The molecule has 1 saturated heterocycles. The second-order valence-electron chi connectivity index (χ2n) is 4.43. The molecule has 0 aliphatic carbocycles.